The highest BCUT2D eigenvalue weighted by molar-refractivity contribution is 7.24. The maximum atomic E-state index is 9.10. The lowest BCUT2D eigenvalue weighted by Crippen LogP contribution is -2.17. The van der Waals surface area contributed by atoms with Crippen molar-refractivity contribution in [3.8, 4) is 0 Å². The van der Waals surface area contributed by atoms with E-state index in [2.05, 4.69) is 49.3 Å². The Morgan fingerprint density at radius 2 is 1.67 bits per heavy atom. The summed E-state index contributed by atoms with van der Waals surface area (Å²) in [4.78, 5) is 25.2. The van der Waals surface area contributed by atoms with E-state index in [0.717, 1.165) is 28.9 Å². The SMILES string of the molecule is CN(C)CC/N=c1\c2ccccc2sc2ccc(Cl)cc12.O=C(O)C(=O)O. The van der Waals surface area contributed by atoms with Gasteiger partial charge < -0.3 is 15.1 Å². The lowest BCUT2D eigenvalue weighted by atomic mass is 10.2. The summed E-state index contributed by atoms with van der Waals surface area (Å²) < 4.78 is 2.48. The quantitative estimate of drug-likeness (QED) is 0.514. The number of carboxylic acid groups (broad SMARTS) is 2. The predicted octanol–water partition coefficient (Wildman–Crippen LogP) is 3.33. The van der Waals surface area contributed by atoms with Crippen LogP contribution in [0.1, 0.15) is 0 Å². The average molecular weight is 407 g/mol. The number of aliphatic carboxylic acids is 2. The molecule has 142 valence electrons. The molecule has 0 amide bonds. The van der Waals surface area contributed by atoms with E-state index < -0.39 is 11.9 Å². The van der Waals surface area contributed by atoms with E-state index in [9.17, 15) is 0 Å². The van der Waals surface area contributed by atoms with E-state index in [0.29, 0.717) is 0 Å². The Kier molecular flexibility index (Phi) is 7.29. The molecular weight excluding hydrogens is 388 g/mol. The fourth-order valence-corrected chi connectivity index (χ4v) is 3.56. The molecule has 0 fully saturated rings. The number of likely N-dealkylation sites (N-methyl/N-ethyl adjacent to an activating group) is 1. The molecule has 0 saturated carbocycles. The smallest absolute Gasteiger partial charge is 0.414 e. The molecule has 0 radical (unpaired) electrons. The van der Waals surface area contributed by atoms with E-state index in [1.807, 2.05) is 12.1 Å². The van der Waals surface area contributed by atoms with Gasteiger partial charge in [-0.3, -0.25) is 4.99 Å². The Hall–Kier alpha value is -2.48. The van der Waals surface area contributed by atoms with Crippen molar-refractivity contribution in [1.29, 1.82) is 0 Å². The van der Waals surface area contributed by atoms with Crippen molar-refractivity contribution in [3.63, 3.8) is 0 Å². The first kappa shape index (κ1) is 20.8. The molecule has 3 rings (SSSR count). The molecule has 0 saturated heterocycles. The van der Waals surface area contributed by atoms with Gasteiger partial charge in [-0.05, 0) is 38.4 Å². The molecule has 2 N–H and O–H groups in total. The number of carbonyl (C=O) groups is 2. The molecule has 6 nitrogen and oxygen atoms in total. The second-order valence-corrected chi connectivity index (χ2v) is 7.40. The Morgan fingerprint density at radius 3 is 2.30 bits per heavy atom. The van der Waals surface area contributed by atoms with E-state index in [4.69, 9.17) is 36.4 Å². The van der Waals surface area contributed by atoms with Gasteiger partial charge in [0.15, 0.2) is 0 Å². The zero-order valence-electron chi connectivity index (χ0n) is 14.8. The van der Waals surface area contributed by atoms with Crippen LogP contribution in [0.25, 0.3) is 20.2 Å². The summed E-state index contributed by atoms with van der Waals surface area (Å²) in [5, 5.41) is 18.9. The third-order valence-electron chi connectivity index (χ3n) is 3.56. The first-order valence-electron chi connectivity index (χ1n) is 8.02. The predicted molar refractivity (Wildman–Crippen MR) is 109 cm³/mol. The fraction of sp³-hybridized carbons (Fsp3) is 0.211. The summed E-state index contributed by atoms with van der Waals surface area (Å²) in [5.41, 5.74) is 0. The largest absolute Gasteiger partial charge is 0.473 e. The Bertz CT molecular complexity index is 1030. The lowest BCUT2D eigenvalue weighted by Gasteiger charge is -2.07. The van der Waals surface area contributed by atoms with E-state index in [1.54, 1.807) is 11.3 Å². The van der Waals surface area contributed by atoms with Crippen molar-refractivity contribution in [3.05, 3.63) is 52.8 Å². The molecule has 0 unspecified atom stereocenters. The zero-order chi connectivity index (χ0) is 20.0. The number of fused-ring (bicyclic) bond motifs is 2. The second kappa shape index (κ2) is 9.45. The Labute approximate surface area is 165 Å². The molecule has 0 aliphatic rings. The van der Waals surface area contributed by atoms with Gasteiger partial charge in [-0.15, -0.1) is 11.3 Å². The van der Waals surface area contributed by atoms with Gasteiger partial charge in [0.2, 0.25) is 0 Å². The minimum absolute atomic E-state index is 0.758. The van der Waals surface area contributed by atoms with Gasteiger partial charge in [-0.1, -0.05) is 29.8 Å². The van der Waals surface area contributed by atoms with Crippen molar-refractivity contribution in [2.45, 2.75) is 0 Å². The van der Waals surface area contributed by atoms with Gasteiger partial charge >= 0.3 is 11.9 Å². The molecule has 2 aromatic carbocycles. The number of rotatable bonds is 3. The van der Waals surface area contributed by atoms with Crippen LogP contribution in [0.4, 0.5) is 0 Å². The van der Waals surface area contributed by atoms with Crippen LogP contribution in [-0.4, -0.2) is 54.2 Å². The Morgan fingerprint density at radius 1 is 1.04 bits per heavy atom. The molecule has 27 heavy (non-hydrogen) atoms. The number of carboxylic acids is 2. The number of hydrogen-bond donors (Lipinski definition) is 2. The maximum absolute atomic E-state index is 9.10. The van der Waals surface area contributed by atoms with Crippen molar-refractivity contribution in [1.82, 2.24) is 4.90 Å². The van der Waals surface area contributed by atoms with E-state index >= 15 is 0 Å². The molecule has 0 aliphatic heterocycles. The molecule has 1 heterocycles. The summed E-state index contributed by atoms with van der Waals surface area (Å²) in [6.07, 6.45) is 0. The minimum atomic E-state index is -1.82. The fourth-order valence-electron chi connectivity index (χ4n) is 2.32. The Balaban J connectivity index is 0.000000380. The van der Waals surface area contributed by atoms with Crippen LogP contribution in [0.2, 0.25) is 5.02 Å². The highest BCUT2D eigenvalue weighted by Gasteiger charge is 2.05. The minimum Gasteiger partial charge on any atom is -0.473 e. The molecule has 3 aromatic rings. The zero-order valence-corrected chi connectivity index (χ0v) is 16.4. The summed E-state index contributed by atoms with van der Waals surface area (Å²) in [7, 11) is 4.13. The van der Waals surface area contributed by atoms with Crippen molar-refractivity contribution >= 4 is 55.0 Å². The molecule has 0 aliphatic carbocycles. The summed E-state index contributed by atoms with van der Waals surface area (Å²) in [6, 6.07) is 14.5. The molecule has 1 aromatic heterocycles. The van der Waals surface area contributed by atoms with E-state index in [1.165, 1.54) is 14.8 Å². The van der Waals surface area contributed by atoms with Gasteiger partial charge in [-0.25, -0.2) is 9.59 Å². The van der Waals surface area contributed by atoms with Gasteiger partial charge in [0.05, 0.1) is 11.9 Å². The van der Waals surface area contributed by atoms with Gasteiger partial charge in [0.25, 0.3) is 0 Å². The van der Waals surface area contributed by atoms with Crippen LogP contribution < -0.4 is 5.36 Å². The van der Waals surface area contributed by atoms with Crippen LogP contribution in [0.15, 0.2) is 47.5 Å². The topological polar surface area (TPSA) is 90.2 Å². The number of hydrogen-bond acceptors (Lipinski definition) is 5. The molecular formula is C19H19ClN2O4S. The van der Waals surface area contributed by atoms with Crippen LogP contribution in [0.3, 0.4) is 0 Å². The van der Waals surface area contributed by atoms with Crippen LogP contribution in [0.5, 0.6) is 0 Å². The average Bonchev–Trinajstić information content (AvgIpc) is 2.61. The van der Waals surface area contributed by atoms with Gasteiger partial charge in [-0.2, -0.15) is 0 Å². The number of halogens is 1. The number of nitrogens with zero attached hydrogens (tertiary/aromatic N) is 2. The monoisotopic (exact) mass is 406 g/mol. The molecule has 0 bridgehead atoms. The molecule has 0 spiro atoms. The molecule has 0 atom stereocenters. The van der Waals surface area contributed by atoms with Crippen molar-refractivity contribution < 1.29 is 19.8 Å². The summed E-state index contributed by atoms with van der Waals surface area (Å²) in [6.45, 7) is 1.72. The van der Waals surface area contributed by atoms with Gasteiger partial charge in [0, 0.05) is 31.7 Å². The first-order valence-corrected chi connectivity index (χ1v) is 9.21. The maximum Gasteiger partial charge on any atom is 0.414 e. The number of benzene rings is 2. The van der Waals surface area contributed by atoms with Crippen LogP contribution in [0, 0.1) is 0 Å². The highest BCUT2D eigenvalue weighted by Crippen LogP contribution is 2.26. The third-order valence-corrected chi connectivity index (χ3v) is 4.95. The normalized spacial score (nSPS) is 11.5. The van der Waals surface area contributed by atoms with Crippen LogP contribution >= 0.6 is 22.9 Å². The lowest BCUT2D eigenvalue weighted by molar-refractivity contribution is -0.159. The summed E-state index contributed by atoms with van der Waals surface area (Å²) in [5.74, 6) is -3.65. The van der Waals surface area contributed by atoms with Crippen molar-refractivity contribution in [2.75, 3.05) is 27.2 Å². The first-order chi connectivity index (χ1) is 12.8. The van der Waals surface area contributed by atoms with E-state index in [-0.39, 0.29) is 0 Å². The third kappa shape index (κ3) is 5.75. The second-order valence-electron chi connectivity index (χ2n) is 5.88. The van der Waals surface area contributed by atoms with Crippen LogP contribution in [-0.2, 0) is 9.59 Å². The summed E-state index contributed by atoms with van der Waals surface area (Å²) >= 11 is 7.97. The highest BCUT2D eigenvalue weighted by atomic mass is 35.5. The van der Waals surface area contributed by atoms with Crippen molar-refractivity contribution in [2.24, 2.45) is 4.99 Å². The molecule has 8 heteroatoms. The standard InChI is InChI=1S/C17H17ClN2S.C2H2O4/c1-20(2)10-9-19-17-13-5-3-4-6-15(13)21-16-8-7-12(18)11-14(16)17;3-1(4)2(5)6/h3-8,11H,9-10H2,1-2H3;(H,3,4)(H,5,6)/b19-17+;. The van der Waals surface area contributed by atoms with Gasteiger partial charge in [0.1, 0.15) is 0 Å².